The van der Waals surface area contributed by atoms with Crippen LogP contribution in [0, 0.1) is 5.82 Å². The minimum absolute atomic E-state index is 0.0374. The van der Waals surface area contributed by atoms with Crippen LogP contribution in [0.1, 0.15) is 12.8 Å². The first kappa shape index (κ1) is 12.5. The molecule has 0 amide bonds. The van der Waals surface area contributed by atoms with Crippen LogP contribution >= 0.6 is 11.6 Å². The molecule has 0 saturated carbocycles. The first-order chi connectivity index (χ1) is 8.16. The lowest BCUT2D eigenvalue weighted by Crippen LogP contribution is -2.25. The third kappa shape index (κ3) is 3.23. The Kier molecular flexibility index (Phi) is 4.07. The maximum Gasteiger partial charge on any atom is 0.144 e. The summed E-state index contributed by atoms with van der Waals surface area (Å²) in [6.45, 7) is 3.67. The summed E-state index contributed by atoms with van der Waals surface area (Å²) in [6, 6.07) is 2.61. The van der Waals surface area contributed by atoms with E-state index in [2.05, 4.69) is 4.90 Å². The van der Waals surface area contributed by atoms with Gasteiger partial charge in [-0.1, -0.05) is 11.6 Å². The Labute approximate surface area is 105 Å². The molecule has 1 fully saturated rings. The summed E-state index contributed by atoms with van der Waals surface area (Å²) < 4.78 is 18.6. The van der Waals surface area contributed by atoms with Gasteiger partial charge in [-0.25, -0.2) is 4.39 Å². The van der Waals surface area contributed by atoms with Crippen molar-refractivity contribution in [2.24, 2.45) is 0 Å². The second-order valence-electron chi connectivity index (χ2n) is 4.20. The maximum atomic E-state index is 13.1. The van der Waals surface area contributed by atoms with Crippen LogP contribution in [0.5, 0.6) is 5.75 Å². The summed E-state index contributed by atoms with van der Waals surface area (Å²) in [7, 11) is 0. The zero-order chi connectivity index (χ0) is 12.3. The molecule has 1 aliphatic rings. The van der Waals surface area contributed by atoms with E-state index in [-0.39, 0.29) is 10.7 Å². The van der Waals surface area contributed by atoms with Gasteiger partial charge < -0.3 is 10.5 Å². The number of rotatable bonds is 4. The van der Waals surface area contributed by atoms with Gasteiger partial charge in [0.2, 0.25) is 0 Å². The number of nitrogen functional groups attached to an aromatic ring is 1. The van der Waals surface area contributed by atoms with E-state index in [9.17, 15) is 4.39 Å². The second-order valence-corrected chi connectivity index (χ2v) is 4.61. The Balaban J connectivity index is 1.87. The fraction of sp³-hybridized carbons (Fsp3) is 0.500. The molecular weight excluding hydrogens is 243 g/mol. The van der Waals surface area contributed by atoms with Gasteiger partial charge in [-0.3, -0.25) is 4.90 Å². The highest BCUT2D eigenvalue weighted by molar-refractivity contribution is 6.31. The minimum atomic E-state index is -0.518. The number of nitrogens with zero attached hydrogens (tertiary/aromatic N) is 1. The van der Waals surface area contributed by atoms with Crippen LogP contribution < -0.4 is 10.5 Å². The van der Waals surface area contributed by atoms with Crippen LogP contribution in [0.15, 0.2) is 12.1 Å². The monoisotopic (exact) mass is 258 g/mol. The zero-order valence-electron chi connectivity index (χ0n) is 9.59. The molecule has 17 heavy (non-hydrogen) atoms. The summed E-state index contributed by atoms with van der Waals surface area (Å²) in [5, 5.41) is 0.0374. The molecule has 1 saturated heterocycles. The van der Waals surface area contributed by atoms with Gasteiger partial charge in [-0.2, -0.15) is 0 Å². The van der Waals surface area contributed by atoms with Gasteiger partial charge in [0.15, 0.2) is 0 Å². The molecular formula is C12H16ClFN2O. The number of halogens is 2. The highest BCUT2D eigenvalue weighted by atomic mass is 35.5. The van der Waals surface area contributed by atoms with E-state index in [1.165, 1.54) is 25.0 Å². The molecule has 0 radical (unpaired) electrons. The Hall–Kier alpha value is -1.00. The summed E-state index contributed by atoms with van der Waals surface area (Å²) in [4.78, 5) is 2.33. The molecule has 3 nitrogen and oxygen atoms in total. The molecule has 0 aliphatic carbocycles. The zero-order valence-corrected chi connectivity index (χ0v) is 10.3. The predicted molar refractivity (Wildman–Crippen MR) is 67.0 cm³/mol. The molecule has 1 aliphatic heterocycles. The minimum Gasteiger partial charge on any atom is -0.490 e. The first-order valence-electron chi connectivity index (χ1n) is 5.76. The third-order valence-electron chi connectivity index (χ3n) is 2.92. The molecule has 0 aromatic heterocycles. The maximum absolute atomic E-state index is 13.1. The van der Waals surface area contributed by atoms with Crippen molar-refractivity contribution in [2.75, 3.05) is 32.0 Å². The van der Waals surface area contributed by atoms with E-state index in [4.69, 9.17) is 22.1 Å². The Morgan fingerprint density at radius 2 is 2.06 bits per heavy atom. The van der Waals surface area contributed by atoms with Crippen LogP contribution in [0.2, 0.25) is 5.02 Å². The number of anilines is 1. The standard InChI is InChI=1S/C12H16ClFN2O/c13-9-7-12(11(15)8-10(9)14)17-6-5-16-3-1-2-4-16/h7-8H,1-6,15H2. The molecule has 0 unspecified atom stereocenters. The van der Waals surface area contributed by atoms with Gasteiger partial charge in [0.25, 0.3) is 0 Å². The van der Waals surface area contributed by atoms with Crippen LogP contribution in [-0.4, -0.2) is 31.1 Å². The van der Waals surface area contributed by atoms with Gasteiger partial charge >= 0.3 is 0 Å². The lowest BCUT2D eigenvalue weighted by atomic mass is 10.3. The van der Waals surface area contributed by atoms with Crippen LogP contribution in [0.4, 0.5) is 10.1 Å². The smallest absolute Gasteiger partial charge is 0.144 e. The van der Waals surface area contributed by atoms with Gasteiger partial charge in [0, 0.05) is 18.7 Å². The highest BCUT2D eigenvalue weighted by Crippen LogP contribution is 2.28. The average molecular weight is 259 g/mol. The van der Waals surface area contributed by atoms with E-state index in [0.29, 0.717) is 12.4 Å². The Morgan fingerprint density at radius 3 is 2.76 bits per heavy atom. The molecule has 0 atom stereocenters. The molecule has 0 bridgehead atoms. The van der Waals surface area contributed by atoms with Crippen molar-refractivity contribution >= 4 is 17.3 Å². The summed E-state index contributed by atoms with van der Waals surface area (Å²) in [5.41, 5.74) is 5.93. The topological polar surface area (TPSA) is 38.5 Å². The number of ether oxygens (including phenoxy) is 1. The Bertz CT molecular complexity index is 394. The van der Waals surface area contributed by atoms with Crippen molar-refractivity contribution in [3.05, 3.63) is 23.0 Å². The Morgan fingerprint density at radius 1 is 1.35 bits per heavy atom. The van der Waals surface area contributed by atoms with Crippen molar-refractivity contribution in [3.8, 4) is 5.75 Å². The van der Waals surface area contributed by atoms with Crippen LogP contribution in [0.3, 0.4) is 0 Å². The number of nitrogens with two attached hydrogens (primary N) is 1. The molecule has 5 heteroatoms. The SMILES string of the molecule is Nc1cc(F)c(Cl)cc1OCCN1CCCC1. The molecule has 1 aromatic rings. The van der Waals surface area contributed by atoms with Gasteiger partial charge in [-0.15, -0.1) is 0 Å². The summed E-state index contributed by atoms with van der Waals surface area (Å²) in [5.74, 6) is -0.0633. The van der Waals surface area contributed by atoms with E-state index in [1.54, 1.807) is 0 Å². The largest absolute Gasteiger partial charge is 0.490 e. The molecule has 2 rings (SSSR count). The van der Waals surface area contributed by atoms with Crippen LogP contribution in [-0.2, 0) is 0 Å². The van der Waals surface area contributed by atoms with E-state index in [1.807, 2.05) is 0 Å². The lowest BCUT2D eigenvalue weighted by Gasteiger charge is -2.15. The van der Waals surface area contributed by atoms with Crippen molar-refractivity contribution in [1.29, 1.82) is 0 Å². The second kappa shape index (κ2) is 5.56. The van der Waals surface area contributed by atoms with Gasteiger partial charge in [0.05, 0.1) is 10.7 Å². The number of benzene rings is 1. The fourth-order valence-corrected chi connectivity index (χ4v) is 2.11. The predicted octanol–water partition coefficient (Wildman–Crippen LogP) is 2.54. The van der Waals surface area contributed by atoms with Gasteiger partial charge in [-0.05, 0) is 25.9 Å². The summed E-state index contributed by atoms with van der Waals surface area (Å²) in [6.07, 6.45) is 2.51. The van der Waals surface area contributed by atoms with Crippen molar-refractivity contribution in [1.82, 2.24) is 4.90 Å². The molecule has 2 N–H and O–H groups in total. The quantitative estimate of drug-likeness (QED) is 0.844. The van der Waals surface area contributed by atoms with Gasteiger partial charge in [0.1, 0.15) is 18.2 Å². The van der Waals surface area contributed by atoms with Crippen molar-refractivity contribution < 1.29 is 9.13 Å². The highest BCUT2D eigenvalue weighted by Gasteiger charge is 2.12. The van der Waals surface area contributed by atoms with Crippen LogP contribution in [0.25, 0.3) is 0 Å². The van der Waals surface area contributed by atoms with E-state index >= 15 is 0 Å². The van der Waals surface area contributed by atoms with E-state index < -0.39 is 5.82 Å². The average Bonchev–Trinajstić information content (AvgIpc) is 2.78. The number of hydrogen-bond donors (Lipinski definition) is 1. The van der Waals surface area contributed by atoms with Crippen molar-refractivity contribution in [3.63, 3.8) is 0 Å². The fourth-order valence-electron chi connectivity index (χ4n) is 1.96. The molecule has 1 heterocycles. The number of hydrogen-bond acceptors (Lipinski definition) is 3. The third-order valence-corrected chi connectivity index (χ3v) is 3.21. The first-order valence-corrected chi connectivity index (χ1v) is 6.14. The molecule has 1 aromatic carbocycles. The molecule has 0 spiro atoms. The normalized spacial score (nSPS) is 16.4. The lowest BCUT2D eigenvalue weighted by molar-refractivity contribution is 0.238. The van der Waals surface area contributed by atoms with E-state index in [0.717, 1.165) is 19.6 Å². The molecule has 94 valence electrons. The van der Waals surface area contributed by atoms with Crippen molar-refractivity contribution in [2.45, 2.75) is 12.8 Å². The summed E-state index contributed by atoms with van der Waals surface area (Å²) >= 11 is 5.67. The number of likely N-dealkylation sites (tertiary alicyclic amines) is 1.